The van der Waals surface area contributed by atoms with Crippen LogP contribution in [0.2, 0.25) is 0 Å². The molecule has 0 atom stereocenters. The van der Waals surface area contributed by atoms with Crippen LogP contribution in [-0.4, -0.2) is 15.3 Å². The monoisotopic (exact) mass is 192 g/mol. The summed E-state index contributed by atoms with van der Waals surface area (Å²) in [5, 5.41) is 0. The molecule has 76 valence electrons. The Labute approximate surface area is 84.5 Å². The summed E-state index contributed by atoms with van der Waals surface area (Å²) in [5.41, 5.74) is 0.321. The maximum Gasteiger partial charge on any atom is 0.184 e. The van der Waals surface area contributed by atoms with Gasteiger partial charge in [0.15, 0.2) is 5.78 Å². The largest absolute Gasteiger partial charge is 0.303 e. The van der Waals surface area contributed by atoms with Gasteiger partial charge in [-0.1, -0.05) is 26.8 Å². The van der Waals surface area contributed by atoms with Gasteiger partial charge in [-0.2, -0.15) is 0 Å². The standard InChI is InChI=1S/C11H16N2O/c1-5-9(10(14)11(2,3)4)13-7-6-12-8-13/h5-8H,1-4H3/b9-5-. The summed E-state index contributed by atoms with van der Waals surface area (Å²) >= 11 is 0. The Hall–Kier alpha value is -1.38. The topological polar surface area (TPSA) is 34.9 Å². The van der Waals surface area contributed by atoms with Crippen molar-refractivity contribution in [1.82, 2.24) is 9.55 Å². The van der Waals surface area contributed by atoms with E-state index in [9.17, 15) is 4.79 Å². The van der Waals surface area contributed by atoms with E-state index in [0.717, 1.165) is 0 Å². The number of carbonyl (C=O) groups excluding carboxylic acids is 1. The van der Waals surface area contributed by atoms with Crippen LogP contribution < -0.4 is 0 Å². The molecule has 0 amide bonds. The van der Waals surface area contributed by atoms with E-state index in [0.29, 0.717) is 5.70 Å². The molecule has 1 aromatic heterocycles. The van der Waals surface area contributed by atoms with E-state index in [1.165, 1.54) is 0 Å². The van der Waals surface area contributed by atoms with Gasteiger partial charge in [-0.05, 0) is 6.92 Å². The van der Waals surface area contributed by atoms with Gasteiger partial charge in [-0.15, -0.1) is 0 Å². The Kier molecular flexibility index (Phi) is 2.89. The van der Waals surface area contributed by atoms with Gasteiger partial charge in [-0.25, -0.2) is 4.98 Å². The zero-order chi connectivity index (χ0) is 10.8. The van der Waals surface area contributed by atoms with Crippen LogP contribution in [0.1, 0.15) is 27.7 Å². The third-order valence-corrected chi connectivity index (χ3v) is 1.97. The number of Topliss-reactive ketones (excluding diaryl/α,β-unsaturated/α-hetero) is 1. The maximum absolute atomic E-state index is 12.0. The molecule has 14 heavy (non-hydrogen) atoms. The molecule has 1 heterocycles. The normalized spacial score (nSPS) is 13.0. The molecule has 1 rings (SSSR count). The fraction of sp³-hybridized carbons (Fsp3) is 0.455. The summed E-state index contributed by atoms with van der Waals surface area (Å²) in [6, 6.07) is 0. The first kappa shape index (κ1) is 10.7. The summed E-state index contributed by atoms with van der Waals surface area (Å²) in [5.74, 6) is 0.123. The lowest BCUT2D eigenvalue weighted by molar-refractivity contribution is -0.120. The molecule has 3 heteroatoms. The van der Waals surface area contributed by atoms with Crippen LogP contribution in [0.25, 0.3) is 5.70 Å². The predicted molar refractivity (Wildman–Crippen MR) is 56.6 cm³/mol. The number of hydrogen-bond acceptors (Lipinski definition) is 2. The van der Waals surface area contributed by atoms with Crippen molar-refractivity contribution in [3.63, 3.8) is 0 Å². The summed E-state index contributed by atoms with van der Waals surface area (Å²) in [6.45, 7) is 7.60. The molecule has 0 bridgehead atoms. The molecule has 3 nitrogen and oxygen atoms in total. The number of imidazole rings is 1. The van der Waals surface area contributed by atoms with Crippen molar-refractivity contribution < 1.29 is 4.79 Å². The SMILES string of the molecule is C/C=C(/C(=O)C(C)(C)C)n1ccnc1. The van der Waals surface area contributed by atoms with Crippen LogP contribution in [0.4, 0.5) is 0 Å². The number of nitrogens with zero attached hydrogens (tertiary/aromatic N) is 2. The summed E-state index contributed by atoms with van der Waals surface area (Å²) in [4.78, 5) is 15.9. The Balaban J connectivity index is 3.02. The lowest BCUT2D eigenvalue weighted by Gasteiger charge is -2.18. The minimum Gasteiger partial charge on any atom is -0.303 e. The maximum atomic E-state index is 12.0. The van der Waals surface area contributed by atoms with Gasteiger partial charge < -0.3 is 4.57 Å². The fourth-order valence-corrected chi connectivity index (χ4v) is 1.18. The fourth-order valence-electron chi connectivity index (χ4n) is 1.18. The van der Waals surface area contributed by atoms with Crippen molar-refractivity contribution in [1.29, 1.82) is 0 Å². The lowest BCUT2D eigenvalue weighted by Crippen LogP contribution is -2.23. The van der Waals surface area contributed by atoms with Crippen LogP contribution in [0.5, 0.6) is 0 Å². The minimum absolute atomic E-state index is 0.123. The second-order valence-electron chi connectivity index (χ2n) is 4.22. The highest BCUT2D eigenvalue weighted by Crippen LogP contribution is 2.22. The van der Waals surface area contributed by atoms with Crippen LogP contribution >= 0.6 is 0 Å². The highest BCUT2D eigenvalue weighted by atomic mass is 16.1. The van der Waals surface area contributed by atoms with Crippen molar-refractivity contribution in [3.05, 3.63) is 24.8 Å². The zero-order valence-corrected chi connectivity index (χ0v) is 9.11. The summed E-state index contributed by atoms with van der Waals surface area (Å²) in [7, 11) is 0. The number of hydrogen-bond donors (Lipinski definition) is 0. The molecule has 0 spiro atoms. The molecule has 0 radical (unpaired) electrons. The molecule has 0 saturated heterocycles. The number of carbonyl (C=O) groups is 1. The number of ketones is 1. The second-order valence-corrected chi connectivity index (χ2v) is 4.22. The second kappa shape index (κ2) is 3.78. The number of aromatic nitrogens is 2. The van der Waals surface area contributed by atoms with E-state index >= 15 is 0 Å². The molecule has 0 N–H and O–H groups in total. The van der Waals surface area contributed by atoms with Crippen LogP contribution in [0.15, 0.2) is 24.8 Å². The molecule has 0 aliphatic heterocycles. The summed E-state index contributed by atoms with van der Waals surface area (Å²) < 4.78 is 1.74. The average Bonchev–Trinajstić information content (AvgIpc) is 2.57. The van der Waals surface area contributed by atoms with Gasteiger partial charge in [0.1, 0.15) is 0 Å². The zero-order valence-electron chi connectivity index (χ0n) is 9.11. The Morgan fingerprint density at radius 1 is 1.43 bits per heavy atom. The van der Waals surface area contributed by atoms with E-state index in [-0.39, 0.29) is 11.2 Å². The molecule has 0 aliphatic rings. The van der Waals surface area contributed by atoms with Gasteiger partial charge in [-0.3, -0.25) is 4.79 Å². The predicted octanol–water partition coefficient (Wildman–Crippen LogP) is 2.36. The third kappa shape index (κ3) is 2.10. The van der Waals surface area contributed by atoms with Crippen LogP contribution in [0, 0.1) is 5.41 Å². The minimum atomic E-state index is -0.355. The molecule has 0 fully saturated rings. The summed E-state index contributed by atoms with van der Waals surface area (Å²) in [6.07, 6.45) is 6.90. The van der Waals surface area contributed by atoms with E-state index in [4.69, 9.17) is 0 Å². The van der Waals surface area contributed by atoms with Crippen molar-refractivity contribution in [2.24, 2.45) is 5.41 Å². The smallest absolute Gasteiger partial charge is 0.184 e. The number of allylic oxidation sites excluding steroid dienone is 2. The van der Waals surface area contributed by atoms with E-state index in [1.807, 2.05) is 33.8 Å². The van der Waals surface area contributed by atoms with Crippen molar-refractivity contribution in [2.75, 3.05) is 0 Å². The van der Waals surface area contributed by atoms with Gasteiger partial charge in [0.2, 0.25) is 0 Å². The molecular weight excluding hydrogens is 176 g/mol. The van der Waals surface area contributed by atoms with Crippen molar-refractivity contribution in [3.8, 4) is 0 Å². The van der Waals surface area contributed by atoms with Gasteiger partial charge >= 0.3 is 0 Å². The lowest BCUT2D eigenvalue weighted by atomic mass is 9.88. The molecule has 0 aromatic carbocycles. The first-order valence-electron chi connectivity index (χ1n) is 4.66. The van der Waals surface area contributed by atoms with Crippen molar-refractivity contribution >= 4 is 11.5 Å². The molecule has 0 saturated carbocycles. The molecule has 1 aromatic rings. The Morgan fingerprint density at radius 2 is 2.07 bits per heavy atom. The van der Waals surface area contributed by atoms with Gasteiger partial charge in [0.25, 0.3) is 0 Å². The number of rotatable bonds is 2. The van der Waals surface area contributed by atoms with E-state index in [2.05, 4.69) is 4.98 Å². The van der Waals surface area contributed by atoms with Gasteiger partial charge in [0.05, 0.1) is 12.0 Å². The highest BCUT2D eigenvalue weighted by Gasteiger charge is 2.25. The van der Waals surface area contributed by atoms with E-state index < -0.39 is 0 Å². The Morgan fingerprint density at radius 3 is 2.43 bits per heavy atom. The third-order valence-electron chi connectivity index (χ3n) is 1.97. The first-order chi connectivity index (χ1) is 6.46. The van der Waals surface area contributed by atoms with Crippen molar-refractivity contribution in [2.45, 2.75) is 27.7 Å². The van der Waals surface area contributed by atoms with E-state index in [1.54, 1.807) is 23.3 Å². The highest BCUT2D eigenvalue weighted by molar-refractivity contribution is 6.17. The molecule has 0 unspecified atom stereocenters. The van der Waals surface area contributed by atoms with Crippen LogP contribution in [-0.2, 0) is 4.79 Å². The quantitative estimate of drug-likeness (QED) is 0.674. The average molecular weight is 192 g/mol. The van der Waals surface area contributed by atoms with Gasteiger partial charge in [0, 0.05) is 17.8 Å². The first-order valence-corrected chi connectivity index (χ1v) is 4.66. The Bertz CT molecular complexity index is 342. The van der Waals surface area contributed by atoms with Crippen LogP contribution in [0.3, 0.4) is 0 Å². The molecular formula is C11H16N2O. The molecule has 0 aliphatic carbocycles.